The molecule has 0 heterocycles. The topological polar surface area (TPSA) is 197 Å². The summed E-state index contributed by atoms with van der Waals surface area (Å²) in [5.74, 6) is 0. The first-order valence-corrected chi connectivity index (χ1v) is 4.68. The Morgan fingerprint density at radius 1 is 0.412 bits per heavy atom. The third kappa shape index (κ3) is 3450. The largest absolute Gasteiger partial charge is 0.566 e. The molecule has 0 rings (SSSR count). The van der Waals surface area contributed by atoms with E-state index in [1.807, 2.05) is 0 Å². The maximum absolute atomic E-state index is 7.38. The molecule has 104 valence electrons. The van der Waals surface area contributed by atoms with Crippen molar-refractivity contribution >= 4 is 72.0 Å². The highest BCUT2D eigenvalue weighted by molar-refractivity contribution is 6.98. The van der Waals surface area contributed by atoms with Crippen molar-refractivity contribution in [1.29, 1.82) is 0 Å². The molecule has 11 N–H and O–H groups in total. The molecule has 0 bridgehead atoms. The predicted molar refractivity (Wildman–Crippen MR) is 69.2 cm³/mol. The normalized spacial score (nSPS) is 6.35. The third-order valence-corrected chi connectivity index (χ3v) is 0. The summed E-state index contributed by atoms with van der Waals surface area (Å²) in [7, 11) is 0. The third-order valence-electron chi connectivity index (χ3n) is 0. The second-order valence-electron chi connectivity index (χ2n) is 1.24. The van der Waals surface area contributed by atoms with Gasteiger partial charge in [-0.05, 0) is 0 Å². The van der Waals surface area contributed by atoms with Gasteiger partial charge < -0.3 is 46.3 Å². The van der Waals surface area contributed by atoms with Crippen LogP contribution in [0, 0.1) is 0 Å². The van der Waals surface area contributed by atoms with E-state index >= 15 is 0 Å². The molecule has 0 spiro atoms. The molecule has 0 aliphatic heterocycles. The fraction of sp³-hybridized carbons (Fsp3) is 0. The highest BCUT2D eigenvalue weighted by Crippen LogP contribution is 1.68. The highest BCUT2D eigenvalue weighted by atomic mass is 35.5. The second kappa shape index (κ2) is 25.8. The maximum Gasteiger partial charge on any atom is 0.566 e. The van der Waals surface area contributed by atoms with Crippen LogP contribution in [0.5, 0.6) is 0 Å². The lowest BCUT2D eigenvalue weighted by Crippen LogP contribution is -1.96. The van der Waals surface area contributed by atoms with Gasteiger partial charge in [0.15, 0.2) is 0 Å². The Morgan fingerprint density at radius 3 is 0.412 bits per heavy atom. The van der Waals surface area contributed by atoms with E-state index in [1.54, 1.807) is 0 Å². The monoisotopic (exact) mass is 337 g/mol. The number of hydrogen-bond acceptors (Lipinski definition) is 9. The zero-order valence-corrected chi connectivity index (χ0v) is 11.1. The Labute approximate surface area is 118 Å². The van der Waals surface area contributed by atoms with E-state index in [2.05, 4.69) is 45.8 Å². The van der Waals surface area contributed by atoms with Gasteiger partial charge in [0.25, 0.3) is 0 Å². The molecule has 0 aliphatic carbocycles. The summed E-state index contributed by atoms with van der Waals surface area (Å²) in [5.41, 5.74) is 0. The van der Waals surface area contributed by atoms with E-state index < -0.39 is 26.1 Å². The van der Waals surface area contributed by atoms with Gasteiger partial charge in [-0.15, -0.1) is 45.8 Å². The molecule has 0 aromatic heterocycles. The molecule has 0 atom stereocenters. The lowest BCUT2D eigenvalue weighted by molar-refractivity contribution is 0.434. The van der Waals surface area contributed by atoms with E-state index in [1.165, 1.54) is 0 Å². The van der Waals surface area contributed by atoms with Crippen molar-refractivity contribution < 1.29 is 40.2 Å². The minimum atomic E-state index is -1.69. The lowest BCUT2D eigenvalue weighted by Gasteiger charge is -1.67. The van der Waals surface area contributed by atoms with E-state index in [0.717, 1.165) is 0 Å². The van der Waals surface area contributed by atoms with Crippen LogP contribution in [0.2, 0.25) is 0 Å². The summed E-state index contributed by atoms with van der Waals surface area (Å²) in [5, 5.41) is 59.0. The average molecular weight is 338 g/mol. The molecule has 0 saturated carbocycles. The summed E-state index contributed by atoms with van der Waals surface area (Å²) in [6.07, 6.45) is 0. The Hall–Kier alpha value is 1.06. The molecule has 0 aliphatic rings. The van der Waals surface area contributed by atoms with Crippen molar-refractivity contribution in [3.8, 4) is 0 Å². The van der Waals surface area contributed by atoms with Gasteiger partial charge in [-0.25, -0.2) is 0 Å². The molecule has 17 heavy (non-hydrogen) atoms. The van der Waals surface area contributed by atoms with E-state index in [9.17, 15) is 0 Å². The molecular formula is H11B4Cl4NO8. The zero-order chi connectivity index (χ0) is 14.3. The smallest absolute Gasteiger partial charge is 0.414 e. The highest BCUT2D eigenvalue weighted by Gasteiger charge is 1.93. The van der Waals surface area contributed by atoms with Gasteiger partial charge in [-0.1, -0.05) is 0 Å². The first-order valence-electron chi connectivity index (χ1n) is 2.94. The molecule has 17 heteroatoms. The Bertz CT molecular complexity index is 72.5. The summed E-state index contributed by atoms with van der Waals surface area (Å²) in [6.45, 7) is -6.78. The predicted octanol–water partition coefficient (Wildman–Crippen LogP) is -3.06. The van der Waals surface area contributed by atoms with Gasteiger partial charge in [-0.3, -0.25) is 0 Å². The maximum atomic E-state index is 7.38. The molecular weight excluding hydrogens is 327 g/mol. The summed E-state index contributed by atoms with van der Waals surface area (Å²) in [6, 6.07) is 0. The molecule has 0 fully saturated rings. The standard InChI is InChI=1S/4BClH2O2.H3N/c4*2-1(3)4;/h4*3-4H;1H3. The fourth-order valence-electron chi connectivity index (χ4n) is 0. The van der Waals surface area contributed by atoms with Gasteiger partial charge in [0.1, 0.15) is 0 Å². The Balaban J connectivity index is -0.0000000369. The Morgan fingerprint density at radius 2 is 0.412 bits per heavy atom. The fourth-order valence-corrected chi connectivity index (χ4v) is 0. The van der Waals surface area contributed by atoms with Crippen molar-refractivity contribution in [2.24, 2.45) is 0 Å². The summed E-state index contributed by atoms with van der Waals surface area (Å²) < 4.78 is 0. The SMILES string of the molecule is N.OB(O)Cl.OB(O)Cl.OB(O)Cl.OB(O)Cl. The summed E-state index contributed by atoms with van der Waals surface area (Å²) >= 11 is 17.5. The second-order valence-corrected chi connectivity index (χ2v) is 2.80. The van der Waals surface area contributed by atoms with Crippen molar-refractivity contribution in [2.75, 3.05) is 0 Å². The van der Waals surface area contributed by atoms with Crippen LogP contribution < -0.4 is 6.15 Å². The number of hydrogen-bond donors (Lipinski definition) is 9. The van der Waals surface area contributed by atoms with E-state index in [-0.39, 0.29) is 6.15 Å². The van der Waals surface area contributed by atoms with Crippen molar-refractivity contribution in [3.63, 3.8) is 0 Å². The van der Waals surface area contributed by atoms with Gasteiger partial charge >= 0.3 is 26.1 Å². The van der Waals surface area contributed by atoms with Gasteiger partial charge in [-0.2, -0.15) is 0 Å². The average Bonchev–Trinajstić information content (AvgIpc) is 1.76. The van der Waals surface area contributed by atoms with Gasteiger partial charge in [0.05, 0.1) is 0 Å². The molecule has 0 radical (unpaired) electrons. The minimum absolute atomic E-state index is 0. The van der Waals surface area contributed by atoms with Crippen LogP contribution in [-0.2, 0) is 0 Å². The molecule has 0 saturated heterocycles. The molecule has 0 amide bonds. The van der Waals surface area contributed by atoms with Crippen molar-refractivity contribution in [3.05, 3.63) is 0 Å². The van der Waals surface area contributed by atoms with E-state index in [0.29, 0.717) is 0 Å². The summed E-state index contributed by atoms with van der Waals surface area (Å²) in [4.78, 5) is 0. The molecule has 0 aromatic rings. The first kappa shape index (κ1) is 30.8. The van der Waals surface area contributed by atoms with Crippen LogP contribution in [0.25, 0.3) is 0 Å². The van der Waals surface area contributed by atoms with Crippen LogP contribution >= 0.6 is 45.8 Å². The van der Waals surface area contributed by atoms with Crippen LogP contribution in [-0.4, -0.2) is 66.3 Å². The molecule has 0 aromatic carbocycles. The van der Waals surface area contributed by atoms with Crippen LogP contribution in [0.1, 0.15) is 0 Å². The van der Waals surface area contributed by atoms with E-state index in [4.69, 9.17) is 40.2 Å². The van der Waals surface area contributed by atoms with Crippen molar-refractivity contribution in [1.82, 2.24) is 6.15 Å². The Kier molecular flexibility index (Phi) is 46.8. The van der Waals surface area contributed by atoms with Crippen LogP contribution in [0.15, 0.2) is 0 Å². The quantitative estimate of drug-likeness (QED) is 0.206. The van der Waals surface area contributed by atoms with Crippen molar-refractivity contribution in [2.45, 2.75) is 0 Å². The van der Waals surface area contributed by atoms with Crippen LogP contribution in [0.3, 0.4) is 0 Å². The number of halogens is 4. The van der Waals surface area contributed by atoms with Crippen LogP contribution in [0.4, 0.5) is 0 Å². The first-order chi connectivity index (χ1) is 6.93. The van der Waals surface area contributed by atoms with Gasteiger partial charge in [0, 0.05) is 0 Å². The minimum Gasteiger partial charge on any atom is -0.414 e. The van der Waals surface area contributed by atoms with Gasteiger partial charge in [0.2, 0.25) is 0 Å². The zero-order valence-electron chi connectivity index (χ0n) is 8.11. The lowest BCUT2D eigenvalue weighted by atomic mass is 10.4. The molecule has 0 unspecified atom stereocenters. The molecule has 9 nitrogen and oxygen atoms in total. The number of rotatable bonds is 0.